The fourth-order valence-corrected chi connectivity index (χ4v) is 1.99. The van der Waals surface area contributed by atoms with Crippen LogP contribution in [0.15, 0.2) is 0 Å². The fraction of sp³-hybridized carbons (Fsp3) is 1.00. The molecule has 0 unspecified atom stereocenters. The molecule has 1 heterocycles. The average Bonchev–Trinajstić information content (AvgIpc) is 2.09. The Morgan fingerprint density at radius 1 is 1.21 bits per heavy atom. The summed E-state index contributed by atoms with van der Waals surface area (Å²) in [5.74, 6) is 0. The number of piperidine rings is 1. The van der Waals surface area contributed by atoms with Crippen molar-refractivity contribution >= 4 is 0 Å². The monoisotopic (exact) mass is 198 g/mol. The van der Waals surface area contributed by atoms with Crippen molar-refractivity contribution in [3.63, 3.8) is 0 Å². The highest BCUT2D eigenvalue weighted by Crippen LogP contribution is 2.30. The molecule has 0 spiro atoms. The molecule has 2 heteroatoms. The Balaban J connectivity index is 2.36. The normalized spacial score (nSPS) is 23.8. The van der Waals surface area contributed by atoms with Crippen LogP contribution < -0.4 is 5.73 Å². The number of rotatable bonds is 3. The van der Waals surface area contributed by atoms with Crippen molar-refractivity contribution in [2.24, 2.45) is 16.6 Å². The molecule has 1 rings (SSSR count). The van der Waals surface area contributed by atoms with E-state index in [0.717, 1.165) is 13.1 Å². The molecule has 0 atom stereocenters. The molecule has 14 heavy (non-hydrogen) atoms. The fourth-order valence-electron chi connectivity index (χ4n) is 1.99. The molecule has 0 amide bonds. The van der Waals surface area contributed by atoms with Crippen molar-refractivity contribution < 1.29 is 0 Å². The van der Waals surface area contributed by atoms with E-state index in [2.05, 4.69) is 32.6 Å². The summed E-state index contributed by atoms with van der Waals surface area (Å²) in [6, 6.07) is 0. The summed E-state index contributed by atoms with van der Waals surface area (Å²) in [6.45, 7) is 13.7. The van der Waals surface area contributed by atoms with E-state index < -0.39 is 0 Å². The highest BCUT2D eigenvalue weighted by Gasteiger charge is 2.28. The third-order valence-electron chi connectivity index (χ3n) is 3.41. The lowest BCUT2D eigenvalue weighted by molar-refractivity contribution is 0.0975. The van der Waals surface area contributed by atoms with E-state index in [1.165, 1.54) is 25.9 Å². The van der Waals surface area contributed by atoms with Gasteiger partial charge >= 0.3 is 0 Å². The van der Waals surface area contributed by atoms with Crippen molar-refractivity contribution in [1.29, 1.82) is 0 Å². The molecular weight excluding hydrogens is 172 g/mol. The lowest BCUT2D eigenvalue weighted by Crippen LogP contribution is -2.44. The number of hydrogen-bond acceptors (Lipinski definition) is 2. The Labute approximate surface area is 88.8 Å². The first-order valence-electron chi connectivity index (χ1n) is 5.77. The van der Waals surface area contributed by atoms with Crippen LogP contribution in [-0.2, 0) is 0 Å². The van der Waals surface area contributed by atoms with Gasteiger partial charge in [-0.15, -0.1) is 0 Å². The van der Waals surface area contributed by atoms with Gasteiger partial charge in [-0.3, -0.25) is 0 Å². The van der Waals surface area contributed by atoms with Gasteiger partial charge in [0.05, 0.1) is 0 Å². The Morgan fingerprint density at radius 3 is 2.14 bits per heavy atom. The number of likely N-dealkylation sites (tertiary alicyclic amines) is 1. The number of nitrogens with two attached hydrogens (primary N) is 1. The second-order valence-corrected chi connectivity index (χ2v) is 6.31. The molecule has 0 aliphatic carbocycles. The van der Waals surface area contributed by atoms with Gasteiger partial charge in [-0.05, 0) is 43.3 Å². The Hall–Kier alpha value is -0.0800. The van der Waals surface area contributed by atoms with Crippen LogP contribution in [0.1, 0.15) is 40.5 Å². The minimum Gasteiger partial charge on any atom is -0.330 e. The Kier molecular flexibility index (Phi) is 3.59. The van der Waals surface area contributed by atoms with E-state index in [1.54, 1.807) is 0 Å². The van der Waals surface area contributed by atoms with Crippen LogP contribution in [0.4, 0.5) is 0 Å². The average molecular weight is 198 g/mol. The maximum absolute atomic E-state index is 5.75. The van der Waals surface area contributed by atoms with Gasteiger partial charge in [-0.2, -0.15) is 0 Å². The maximum Gasteiger partial charge on any atom is 0.00448 e. The first-order valence-corrected chi connectivity index (χ1v) is 5.77. The number of nitrogens with zero attached hydrogens (tertiary/aromatic N) is 1. The molecule has 1 fully saturated rings. The minimum absolute atomic E-state index is 0.279. The Bertz CT molecular complexity index is 175. The van der Waals surface area contributed by atoms with Crippen molar-refractivity contribution in [1.82, 2.24) is 4.90 Å². The van der Waals surface area contributed by atoms with E-state index in [9.17, 15) is 0 Å². The second kappa shape index (κ2) is 4.19. The molecule has 0 aromatic heterocycles. The topological polar surface area (TPSA) is 29.3 Å². The van der Waals surface area contributed by atoms with Gasteiger partial charge in [-0.25, -0.2) is 0 Å². The Morgan fingerprint density at radius 2 is 1.71 bits per heavy atom. The van der Waals surface area contributed by atoms with Crippen LogP contribution in [0.2, 0.25) is 0 Å². The van der Waals surface area contributed by atoms with Crippen molar-refractivity contribution in [3.8, 4) is 0 Å². The van der Waals surface area contributed by atoms with Crippen LogP contribution in [0.5, 0.6) is 0 Å². The lowest BCUT2D eigenvalue weighted by Gasteiger charge is -2.40. The zero-order valence-electron chi connectivity index (χ0n) is 10.3. The largest absolute Gasteiger partial charge is 0.330 e. The van der Waals surface area contributed by atoms with E-state index in [0.29, 0.717) is 5.41 Å². The summed E-state index contributed by atoms with van der Waals surface area (Å²) >= 11 is 0. The molecule has 0 saturated carbocycles. The minimum atomic E-state index is 0.279. The molecule has 0 bridgehead atoms. The molecule has 0 radical (unpaired) electrons. The first kappa shape index (κ1) is 12.0. The van der Waals surface area contributed by atoms with E-state index in [-0.39, 0.29) is 5.41 Å². The molecule has 0 aromatic rings. The molecular formula is C12H26N2. The zero-order valence-corrected chi connectivity index (χ0v) is 10.3. The third kappa shape index (κ3) is 3.58. The smallest absolute Gasteiger partial charge is 0.00448 e. The zero-order chi connectivity index (χ0) is 10.8. The standard InChI is InChI=1S/C12H26N2/c1-11(2)5-7-14(8-6-11)10-12(3,4)9-13/h5-10,13H2,1-4H3. The first-order chi connectivity index (χ1) is 6.35. The van der Waals surface area contributed by atoms with Crippen LogP contribution in [-0.4, -0.2) is 31.1 Å². The van der Waals surface area contributed by atoms with Crippen LogP contribution >= 0.6 is 0 Å². The lowest BCUT2D eigenvalue weighted by atomic mass is 9.81. The molecule has 0 aromatic carbocycles. The van der Waals surface area contributed by atoms with Crippen LogP contribution in [0, 0.1) is 10.8 Å². The van der Waals surface area contributed by atoms with E-state index in [4.69, 9.17) is 5.73 Å². The third-order valence-corrected chi connectivity index (χ3v) is 3.41. The van der Waals surface area contributed by atoms with Gasteiger partial charge in [0.2, 0.25) is 0 Å². The summed E-state index contributed by atoms with van der Waals surface area (Å²) in [6.07, 6.45) is 2.65. The maximum atomic E-state index is 5.75. The molecule has 2 nitrogen and oxygen atoms in total. The molecule has 2 N–H and O–H groups in total. The number of hydrogen-bond donors (Lipinski definition) is 1. The van der Waals surface area contributed by atoms with Crippen molar-refractivity contribution in [2.45, 2.75) is 40.5 Å². The van der Waals surface area contributed by atoms with Gasteiger partial charge in [-0.1, -0.05) is 27.7 Å². The predicted molar refractivity (Wildman–Crippen MR) is 62.3 cm³/mol. The van der Waals surface area contributed by atoms with Crippen LogP contribution in [0.3, 0.4) is 0 Å². The van der Waals surface area contributed by atoms with Crippen molar-refractivity contribution in [2.75, 3.05) is 26.2 Å². The van der Waals surface area contributed by atoms with Gasteiger partial charge in [0.15, 0.2) is 0 Å². The summed E-state index contributed by atoms with van der Waals surface area (Å²) in [4.78, 5) is 2.57. The second-order valence-electron chi connectivity index (χ2n) is 6.31. The summed E-state index contributed by atoms with van der Waals surface area (Å²) in [7, 11) is 0. The van der Waals surface area contributed by atoms with E-state index >= 15 is 0 Å². The molecule has 1 aliphatic rings. The SMILES string of the molecule is CC1(C)CCN(CC(C)(C)CN)CC1. The molecule has 1 saturated heterocycles. The highest BCUT2D eigenvalue weighted by molar-refractivity contribution is 4.82. The van der Waals surface area contributed by atoms with Crippen LogP contribution in [0.25, 0.3) is 0 Å². The van der Waals surface area contributed by atoms with Gasteiger partial charge < -0.3 is 10.6 Å². The van der Waals surface area contributed by atoms with E-state index in [1.807, 2.05) is 0 Å². The van der Waals surface area contributed by atoms with Crippen molar-refractivity contribution in [3.05, 3.63) is 0 Å². The van der Waals surface area contributed by atoms with Gasteiger partial charge in [0.25, 0.3) is 0 Å². The summed E-state index contributed by atoms with van der Waals surface area (Å²) in [5, 5.41) is 0. The van der Waals surface area contributed by atoms with Gasteiger partial charge in [0, 0.05) is 6.54 Å². The highest BCUT2D eigenvalue weighted by atomic mass is 15.1. The predicted octanol–water partition coefficient (Wildman–Crippen LogP) is 2.09. The molecule has 84 valence electrons. The van der Waals surface area contributed by atoms with Gasteiger partial charge in [0.1, 0.15) is 0 Å². The quantitative estimate of drug-likeness (QED) is 0.752. The molecule has 1 aliphatic heterocycles. The summed E-state index contributed by atoms with van der Waals surface area (Å²) in [5.41, 5.74) is 6.59. The summed E-state index contributed by atoms with van der Waals surface area (Å²) < 4.78 is 0.